The molecule has 2 N–H and O–H groups in total. The van der Waals surface area contributed by atoms with Gasteiger partial charge < -0.3 is 5.73 Å². The summed E-state index contributed by atoms with van der Waals surface area (Å²) in [6.45, 7) is 8.80. The lowest BCUT2D eigenvalue weighted by Gasteiger charge is -2.21. The third-order valence-electron chi connectivity index (χ3n) is 4.72. The fraction of sp³-hybridized carbons (Fsp3) is 0.800. The van der Waals surface area contributed by atoms with E-state index in [-0.39, 0.29) is 0 Å². The zero-order valence-corrected chi connectivity index (χ0v) is 12.9. The van der Waals surface area contributed by atoms with Crippen LogP contribution in [0.4, 0.5) is 0 Å². The van der Waals surface area contributed by atoms with Gasteiger partial charge in [-0.15, -0.1) is 11.3 Å². The van der Waals surface area contributed by atoms with Gasteiger partial charge in [0.15, 0.2) is 0 Å². The van der Waals surface area contributed by atoms with E-state index in [4.69, 9.17) is 10.7 Å². The lowest BCUT2D eigenvalue weighted by atomic mass is 9.90. The highest BCUT2D eigenvalue weighted by atomic mass is 32.1. The van der Waals surface area contributed by atoms with Crippen LogP contribution in [0.1, 0.15) is 42.3 Å². The van der Waals surface area contributed by atoms with Crippen LogP contribution in [0.15, 0.2) is 0 Å². The summed E-state index contributed by atoms with van der Waals surface area (Å²) in [6.07, 6.45) is 4.97. The molecule has 106 valence electrons. The maximum absolute atomic E-state index is 5.88. The van der Waals surface area contributed by atoms with Crippen molar-refractivity contribution >= 4 is 11.3 Å². The molecule has 0 saturated carbocycles. The van der Waals surface area contributed by atoms with Crippen LogP contribution in [-0.4, -0.2) is 29.5 Å². The fourth-order valence-electron chi connectivity index (χ4n) is 3.28. The summed E-state index contributed by atoms with van der Waals surface area (Å²) >= 11 is 1.95. The Balaban J connectivity index is 1.65. The molecule has 0 bridgehead atoms. The van der Waals surface area contributed by atoms with Crippen LogP contribution < -0.4 is 5.73 Å². The number of thiazole rings is 1. The van der Waals surface area contributed by atoms with Gasteiger partial charge in [-0.1, -0.05) is 13.8 Å². The van der Waals surface area contributed by atoms with Crippen molar-refractivity contribution in [3.63, 3.8) is 0 Å². The average molecular weight is 279 g/mol. The van der Waals surface area contributed by atoms with E-state index in [1.807, 2.05) is 11.3 Å². The Morgan fingerprint density at radius 3 is 3.11 bits per heavy atom. The first-order chi connectivity index (χ1) is 9.08. The van der Waals surface area contributed by atoms with Crippen molar-refractivity contribution in [3.8, 4) is 0 Å². The monoisotopic (exact) mass is 279 g/mol. The summed E-state index contributed by atoms with van der Waals surface area (Å²) in [6, 6.07) is 0. The number of likely N-dealkylation sites (tertiary alicyclic amines) is 1. The molecule has 1 fully saturated rings. The van der Waals surface area contributed by atoms with E-state index in [0.29, 0.717) is 5.41 Å². The summed E-state index contributed by atoms with van der Waals surface area (Å²) in [4.78, 5) is 8.95. The van der Waals surface area contributed by atoms with Gasteiger partial charge in [0.1, 0.15) is 5.01 Å². The van der Waals surface area contributed by atoms with Gasteiger partial charge in [-0.2, -0.15) is 0 Å². The maximum Gasteiger partial charge on any atom is 0.107 e. The number of rotatable bonds is 3. The number of nitrogens with two attached hydrogens (primary N) is 1. The van der Waals surface area contributed by atoms with Crippen LogP contribution in [0, 0.1) is 11.3 Å². The van der Waals surface area contributed by atoms with E-state index in [2.05, 4.69) is 18.7 Å². The van der Waals surface area contributed by atoms with E-state index < -0.39 is 0 Å². The molecule has 3 rings (SSSR count). The molecule has 3 nitrogen and oxygen atoms in total. The fourth-order valence-corrected chi connectivity index (χ4v) is 4.60. The second kappa shape index (κ2) is 5.15. The second-order valence-electron chi connectivity index (χ2n) is 6.80. The number of aryl methyl sites for hydroxylation is 1. The molecule has 0 amide bonds. The summed E-state index contributed by atoms with van der Waals surface area (Å²) in [5.41, 5.74) is 7.59. The molecule has 2 aliphatic rings. The van der Waals surface area contributed by atoms with Gasteiger partial charge in [0, 0.05) is 11.4 Å². The predicted molar refractivity (Wildman–Crippen MR) is 80.4 cm³/mol. The minimum Gasteiger partial charge on any atom is -0.330 e. The normalized spacial score (nSPS) is 31.6. The molecule has 0 spiro atoms. The van der Waals surface area contributed by atoms with Crippen molar-refractivity contribution in [3.05, 3.63) is 15.6 Å². The molecular weight excluding hydrogens is 254 g/mol. The smallest absolute Gasteiger partial charge is 0.107 e. The topological polar surface area (TPSA) is 42.2 Å². The number of fused-ring (bicyclic) bond motifs is 1. The van der Waals surface area contributed by atoms with E-state index >= 15 is 0 Å². The Labute approximate surface area is 120 Å². The van der Waals surface area contributed by atoms with Crippen molar-refractivity contribution in [1.29, 1.82) is 0 Å². The van der Waals surface area contributed by atoms with E-state index in [1.54, 1.807) is 4.88 Å². The highest BCUT2D eigenvalue weighted by Gasteiger charge is 2.33. The van der Waals surface area contributed by atoms with Gasteiger partial charge in [-0.3, -0.25) is 4.90 Å². The van der Waals surface area contributed by atoms with Gasteiger partial charge >= 0.3 is 0 Å². The predicted octanol–water partition coefficient (Wildman–Crippen LogP) is 2.44. The zero-order chi connectivity index (χ0) is 13.5. The molecule has 1 saturated heterocycles. The molecule has 4 heteroatoms. The van der Waals surface area contributed by atoms with Gasteiger partial charge in [0.2, 0.25) is 0 Å². The molecule has 2 unspecified atom stereocenters. The van der Waals surface area contributed by atoms with Crippen molar-refractivity contribution in [1.82, 2.24) is 9.88 Å². The van der Waals surface area contributed by atoms with Crippen LogP contribution in [0.2, 0.25) is 0 Å². The van der Waals surface area contributed by atoms with Gasteiger partial charge in [0.25, 0.3) is 0 Å². The number of aromatic nitrogens is 1. The SMILES string of the molecule is CC1CCc2nc(CN3CCC(C)(CN)C3)sc2C1. The lowest BCUT2D eigenvalue weighted by Crippen LogP contribution is -2.31. The van der Waals surface area contributed by atoms with Gasteiger partial charge in [-0.05, 0) is 50.1 Å². The van der Waals surface area contributed by atoms with Crippen LogP contribution in [0.5, 0.6) is 0 Å². The Morgan fingerprint density at radius 2 is 2.37 bits per heavy atom. The van der Waals surface area contributed by atoms with Crippen molar-refractivity contribution in [2.24, 2.45) is 17.1 Å². The Hall–Kier alpha value is -0.450. The van der Waals surface area contributed by atoms with E-state index in [1.165, 1.54) is 42.9 Å². The summed E-state index contributed by atoms with van der Waals surface area (Å²) in [5, 5.41) is 1.32. The van der Waals surface area contributed by atoms with Crippen molar-refractivity contribution in [2.45, 2.75) is 46.1 Å². The molecule has 1 aromatic rings. The van der Waals surface area contributed by atoms with Gasteiger partial charge in [0.05, 0.1) is 12.2 Å². The number of hydrogen-bond donors (Lipinski definition) is 1. The molecule has 2 heterocycles. The minimum atomic E-state index is 0.325. The molecule has 0 aromatic carbocycles. The van der Waals surface area contributed by atoms with Crippen LogP contribution >= 0.6 is 11.3 Å². The quantitative estimate of drug-likeness (QED) is 0.924. The summed E-state index contributed by atoms with van der Waals surface area (Å²) < 4.78 is 0. The third-order valence-corrected chi connectivity index (χ3v) is 5.82. The van der Waals surface area contributed by atoms with Gasteiger partial charge in [-0.25, -0.2) is 4.98 Å². The van der Waals surface area contributed by atoms with Crippen LogP contribution in [-0.2, 0) is 19.4 Å². The molecule has 1 aromatic heterocycles. The Kier molecular flexibility index (Phi) is 3.67. The van der Waals surface area contributed by atoms with Crippen molar-refractivity contribution in [2.75, 3.05) is 19.6 Å². The van der Waals surface area contributed by atoms with Crippen molar-refractivity contribution < 1.29 is 0 Å². The minimum absolute atomic E-state index is 0.325. The molecule has 2 atom stereocenters. The standard InChI is InChI=1S/C15H25N3S/c1-11-3-4-12-13(7-11)19-14(17-12)8-18-6-5-15(2,9-16)10-18/h11H,3-10,16H2,1-2H3. The maximum atomic E-state index is 5.88. The highest BCUT2D eigenvalue weighted by molar-refractivity contribution is 7.11. The molecule has 1 aliphatic heterocycles. The van der Waals surface area contributed by atoms with E-state index in [9.17, 15) is 0 Å². The Morgan fingerprint density at radius 1 is 1.53 bits per heavy atom. The third kappa shape index (κ3) is 2.86. The number of nitrogens with zero attached hydrogens (tertiary/aromatic N) is 2. The highest BCUT2D eigenvalue weighted by Crippen LogP contribution is 2.33. The first-order valence-corrected chi connectivity index (χ1v) is 8.29. The Bertz CT molecular complexity index is 456. The van der Waals surface area contributed by atoms with E-state index in [0.717, 1.165) is 25.6 Å². The number of hydrogen-bond acceptors (Lipinski definition) is 4. The zero-order valence-electron chi connectivity index (χ0n) is 12.1. The molecule has 1 aliphatic carbocycles. The first kappa shape index (κ1) is 13.5. The van der Waals surface area contributed by atoms with Crippen LogP contribution in [0.3, 0.4) is 0 Å². The molecule has 0 radical (unpaired) electrons. The average Bonchev–Trinajstić information content (AvgIpc) is 2.93. The summed E-state index contributed by atoms with van der Waals surface area (Å²) in [5.74, 6) is 0.841. The van der Waals surface area contributed by atoms with Crippen LogP contribution in [0.25, 0.3) is 0 Å². The molecule has 19 heavy (non-hydrogen) atoms. The first-order valence-electron chi connectivity index (χ1n) is 7.48. The lowest BCUT2D eigenvalue weighted by molar-refractivity contribution is 0.274. The summed E-state index contributed by atoms with van der Waals surface area (Å²) in [7, 11) is 0. The second-order valence-corrected chi connectivity index (χ2v) is 7.97. The largest absolute Gasteiger partial charge is 0.330 e. The molecular formula is C15H25N3S.